The molecule has 0 aliphatic carbocycles. The molecule has 1 aromatic rings. The third-order valence-electron chi connectivity index (χ3n) is 2.00. The summed E-state index contributed by atoms with van der Waals surface area (Å²) in [5.41, 5.74) is 4.53. The molecule has 0 heterocycles. The number of halogens is 3. The molecule has 0 fully saturated rings. The van der Waals surface area contributed by atoms with Gasteiger partial charge in [0.2, 0.25) is 0 Å². The Hall–Kier alpha value is -2.27. The van der Waals surface area contributed by atoms with Crippen LogP contribution in [0.1, 0.15) is 21.5 Å². The van der Waals surface area contributed by atoms with Gasteiger partial charge in [-0.3, -0.25) is 0 Å². The molecular formula is C10H7F3N2O3. The molecule has 1 aromatic carbocycles. The van der Waals surface area contributed by atoms with Crippen LogP contribution in [0.25, 0.3) is 0 Å². The Kier molecular flexibility index (Phi) is 3.78. The number of nitriles is 1. The number of carbonyl (C=O) groups is 1. The Morgan fingerprint density at radius 3 is 2.50 bits per heavy atom. The topological polar surface area (TPSA) is 96.3 Å². The summed E-state index contributed by atoms with van der Waals surface area (Å²) in [6.45, 7) is -0.171. The summed E-state index contributed by atoms with van der Waals surface area (Å²) < 4.78 is 39.8. The van der Waals surface area contributed by atoms with E-state index < -0.39 is 23.6 Å². The molecule has 18 heavy (non-hydrogen) atoms. The van der Waals surface area contributed by atoms with E-state index in [-0.39, 0.29) is 17.7 Å². The molecule has 0 aromatic heterocycles. The smallest absolute Gasteiger partial charge is 0.478 e. The second-order valence-electron chi connectivity index (χ2n) is 3.17. The number of aromatic carboxylic acids is 1. The number of carboxylic acid groups (broad SMARTS) is 1. The molecule has 3 N–H and O–H groups in total. The van der Waals surface area contributed by atoms with Crippen LogP contribution in [0, 0.1) is 11.3 Å². The minimum absolute atomic E-state index is 0.129. The van der Waals surface area contributed by atoms with Crippen LogP contribution in [-0.4, -0.2) is 17.4 Å². The summed E-state index contributed by atoms with van der Waals surface area (Å²) in [5.74, 6) is -2.54. The first kappa shape index (κ1) is 13.8. The Morgan fingerprint density at radius 1 is 1.50 bits per heavy atom. The van der Waals surface area contributed by atoms with Crippen molar-refractivity contribution in [1.29, 1.82) is 5.26 Å². The lowest BCUT2D eigenvalue weighted by molar-refractivity contribution is -0.274. The highest BCUT2D eigenvalue weighted by atomic mass is 19.4. The lowest BCUT2D eigenvalue weighted by Crippen LogP contribution is -2.19. The van der Waals surface area contributed by atoms with Crippen LogP contribution in [-0.2, 0) is 6.54 Å². The largest absolute Gasteiger partial charge is 0.573 e. The van der Waals surface area contributed by atoms with E-state index in [2.05, 4.69) is 4.74 Å². The second-order valence-corrected chi connectivity index (χ2v) is 3.17. The van der Waals surface area contributed by atoms with Crippen molar-refractivity contribution < 1.29 is 27.8 Å². The van der Waals surface area contributed by atoms with Gasteiger partial charge in [-0.15, -0.1) is 13.2 Å². The average molecular weight is 260 g/mol. The fraction of sp³-hybridized carbons (Fsp3) is 0.200. The second kappa shape index (κ2) is 4.93. The normalized spacial score (nSPS) is 10.8. The SMILES string of the molecule is N#Cc1cc(OC(F)(F)F)c(C(=O)O)cc1CN. The van der Waals surface area contributed by atoms with Gasteiger partial charge in [0, 0.05) is 6.54 Å². The number of alkyl halides is 3. The molecule has 0 aliphatic rings. The zero-order chi connectivity index (χ0) is 13.9. The lowest BCUT2D eigenvalue weighted by Gasteiger charge is -2.13. The van der Waals surface area contributed by atoms with Crippen molar-refractivity contribution in [2.75, 3.05) is 0 Å². The van der Waals surface area contributed by atoms with Crippen LogP contribution in [0.2, 0.25) is 0 Å². The van der Waals surface area contributed by atoms with Gasteiger partial charge in [-0.25, -0.2) is 4.79 Å². The van der Waals surface area contributed by atoms with Gasteiger partial charge in [-0.05, 0) is 17.7 Å². The Balaban J connectivity index is 3.39. The maximum absolute atomic E-state index is 12.1. The monoisotopic (exact) mass is 260 g/mol. The number of benzene rings is 1. The molecule has 0 spiro atoms. The molecule has 0 radical (unpaired) electrons. The van der Waals surface area contributed by atoms with Gasteiger partial charge in [0.15, 0.2) is 0 Å². The summed E-state index contributed by atoms with van der Waals surface area (Å²) in [6.07, 6.45) is -5.04. The first-order valence-corrected chi connectivity index (χ1v) is 4.54. The Morgan fingerprint density at radius 2 is 2.11 bits per heavy atom. The van der Waals surface area contributed by atoms with Crippen LogP contribution >= 0.6 is 0 Å². The zero-order valence-electron chi connectivity index (χ0n) is 8.78. The highest BCUT2D eigenvalue weighted by Crippen LogP contribution is 2.29. The van der Waals surface area contributed by atoms with E-state index in [0.29, 0.717) is 6.07 Å². The van der Waals surface area contributed by atoms with Gasteiger partial charge in [0.05, 0.1) is 11.6 Å². The van der Waals surface area contributed by atoms with Gasteiger partial charge in [-0.2, -0.15) is 5.26 Å². The van der Waals surface area contributed by atoms with Crippen molar-refractivity contribution in [3.63, 3.8) is 0 Å². The fourth-order valence-corrected chi connectivity index (χ4v) is 1.27. The molecule has 0 bridgehead atoms. The summed E-state index contributed by atoms with van der Waals surface area (Å²) >= 11 is 0. The molecular weight excluding hydrogens is 253 g/mol. The molecule has 0 aliphatic heterocycles. The van der Waals surface area contributed by atoms with Crippen LogP contribution < -0.4 is 10.5 Å². The zero-order valence-corrected chi connectivity index (χ0v) is 8.78. The van der Waals surface area contributed by atoms with Crippen molar-refractivity contribution in [2.45, 2.75) is 12.9 Å². The van der Waals surface area contributed by atoms with E-state index in [1.807, 2.05) is 0 Å². The standard InChI is InChI=1S/C10H7F3N2O3/c11-10(12,13)18-8-2-6(4-15)5(3-14)1-7(8)9(16)17/h1-2H,3,14H2,(H,16,17). The van der Waals surface area contributed by atoms with Crippen molar-refractivity contribution in [3.05, 3.63) is 28.8 Å². The van der Waals surface area contributed by atoms with Crippen LogP contribution in [0.4, 0.5) is 13.2 Å². The third kappa shape index (κ3) is 3.11. The quantitative estimate of drug-likeness (QED) is 0.860. The molecule has 96 valence electrons. The lowest BCUT2D eigenvalue weighted by atomic mass is 10.0. The number of nitrogens with zero attached hydrogens (tertiary/aromatic N) is 1. The number of rotatable bonds is 3. The van der Waals surface area contributed by atoms with Gasteiger partial charge >= 0.3 is 12.3 Å². The highest BCUT2D eigenvalue weighted by Gasteiger charge is 2.33. The molecule has 0 saturated heterocycles. The predicted molar refractivity (Wildman–Crippen MR) is 52.7 cm³/mol. The van der Waals surface area contributed by atoms with Crippen molar-refractivity contribution in [3.8, 4) is 11.8 Å². The van der Waals surface area contributed by atoms with E-state index in [4.69, 9.17) is 16.1 Å². The first-order chi connectivity index (χ1) is 8.28. The Labute approximate surface area is 99.2 Å². The third-order valence-corrected chi connectivity index (χ3v) is 2.00. The van der Waals surface area contributed by atoms with Gasteiger partial charge < -0.3 is 15.6 Å². The average Bonchev–Trinajstić information content (AvgIpc) is 2.25. The van der Waals surface area contributed by atoms with Crippen LogP contribution in [0.5, 0.6) is 5.75 Å². The number of nitrogens with two attached hydrogens (primary N) is 1. The summed E-state index contributed by atoms with van der Waals surface area (Å²) in [4.78, 5) is 10.8. The van der Waals surface area contributed by atoms with Crippen molar-refractivity contribution in [2.24, 2.45) is 5.73 Å². The maximum Gasteiger partial charge on any atom is 0.573 e. The molecule has 8 heteroatoms. The first-order valence-electron chi connectivity index (χ1n) is 4.54. The minimum Gasteiger partial charge on any atom is -0.478 e. The molecule has 0 unspecified atom stereocenters. The molecule has 0 saturated carbocycles. The van der Waals surface area contributed by atoms with Gasteiger partial charge in [0.25, 0.3) is 0 Å². The molecule has 5 nitrogen and oxygen atoms in total. The van der Waals surface area contributed by atoms with E-state index >= 15 is 0 Å². The fourth-order valence-electron chi connectivity index (χ4n) is 1.27. The summed E-state index contributed by atoms with van der Waals surface area (Å²) in [6, 6.07) is 3.22. The van der Waals surface area contributed by atoms with E-state index in [9.17, 15) is 18.0 Å². The Bertz CT molecular complexity index is 520. The number of hydrogen-bond donors (Lipinski definition) is 2. The van der Waals surface area contributed by atoms with E-state index in [1.54, 1.807) is 6.07 Å². The molecule has 0 atom stereocenters. The number of ether oxygens (including phenoxy) is 1. The predicted octanol–water partition coefficient (Wildman–Crippen LogP) is 1.61. The highest BCUT2D eigenvalue weighted by molar-refractivity contribution is 5.91. The van der Waals surface area contributed by atoms with Gasteiger partial charge in [0.1, 0.15) is 11.3 Å². The maximum atomic E-state index is 12.1. The minimum atomic E-state index is -5.04. The molecule has 0 amide bonds. The molecule has 1 rings (SSSR count). The van der Waals surface area contributed by atoms with E-state index in [1.165, 1.54) is 0 Å². The van der Waals surface area contributed by atoms with Crippen LogP contribution in [0.15, 0.2) is 12.1 Å². The van der Waals surface area contributed by atoms with Crippen molar-refractivity contribution in [1.82, 2.24) is 0 Å². The van der Waals surface area contributed by atoms with Crippen LogP contribution in [0.3, 0.4) is 0 Å². The van der Waals surface area contributed by atoms with E-state index in [0.717, 1.165) is 6.07 Å². The number of hydrogen-bond acceptors (Lipinski definition) is 4. The van der Waals surface area contributed by atoms with Crippen molar-refractivity contribution >= 4 is 5.97 Å². The summed E-state index contributed by atoms with van der Waals surface area (Å²) in [5, 5.41) is 17.5. The van der Waals surface area contributed by atoms with Gasteiger partial charge in [-0.1, -0.05) is 0 Å². The number of carboxylic acids is 1. The summed E-state index contributed by atoms with van der Waals surface area (Å²) in [7, 11) is 0.